The molecule has 0 aliphatic heterocycles. The van der Waals surface area contributed by atoms with Crippen LogP contribution in [-0.2, 0) is 47.6 Å². The van der Waals surface area contributed by atoms with Crippen LogP contribution < -0.4 is 0 Å². The van der Waals surface area contributed by atoms with Crippen LogP contribution in [0, 0.1) is 0 Å². The summed E-state index contributed by atoms with van der Waals surface area (Å²) in [6.07, 6.45) is -0.107. The maximum Gasteiger partial charge on any atom is 0.337 e. The molecule has 3 aromatic rings. The summed E-state index contributed by atoms with van der Waals surface area (Å²) in [5, 5.41) is 0. The van der Waals surface area contributed by atoms with Crippen molar-refractivity contribution in [3.63, 3.8) is 0 Å². The molecule has 7 nitrogen and oxygen atoms in total. The third-order valence-corrected chi connectivity index (χ3v) is 7.87. The Kier molecular flexibility index (Phi) is 11.2. The molecule has 3 rings (SSSR count). The van der Waals surface area contributed by atoms with Crippen molar-refractivity contribution in [3.05, 3.63) is 108 Å². The Balaban J connectivity index is 1.83. The molecule has 0 radical (unpaired) electrons. The number of ketones is 1. The first-order valence-electron chi connectivity index (χ1n) is 12.2. The zero-order chi connectivity index (χ0) is 26.5. The molecule has 0 amide bonds. The molecule has 8 heteroatoms. The van der Waals surface area contributed by atoms with Crippen LogP contribution in [0.1, 0.15) is 29.5 Å². The Morgan fingerprint density at radius 3 is 1.68 bits per heavy atom. The van der Waals surface area contributed by atoms with Crippen LogP contribution in [0.2, 0.25) is 0 Å². The molecule has 0 aliphatic rings. The number of benzene rings is 3. The lowest BCUT2D eigenvalue weighted by molar-refractivity contribution is -0.152. The molecule has 0 aliphatic carbocycles. The fraction of sp³-hybridized carbons (Fsp3) is 0.310. The van der Waals surface area contributed by atoms with E-state index < -0.39 is 19.6 Å². The number of nitrogens with zero attached hydrogens (tertiary/aromatic N) is 1. The van der Waals surface area contributed by atoms with Gasteiger partial charge in [-0.3, -0.25) is 19.1 Å². The summed E-state index contributed by atoms with van der Waals surface area (Å²) in [5.41, 5.74) is 2.95. The molecule has 0 heterocycles. The van der Waals surface area contributed by atoms with Gasteiger partial charge in [0.1, 0.15) is 24.6 Å². The second-order valence-corrected chi connectivity index (χ2v) is 11.0. The van der Waals surface area contributed by atoms with Gasteiger partial charge >= 0.3 is 13.6 Å². The highest BCUT2D eigenvalue weighted by molar-refractivity contribution is 7.54. The van der Waals surface area contributed by atoms with Gasteiger partial charge in [-0.1, -0.05) is 91.0 Å². The van der Waals surface area contributed by atoms with Gasteiger partial charge in [0, 0.05) is 33.7 Å². The van der Waals surface area contributed by atoms with E-state index in [4.69, 9.17) is 13.8 Å². The van der Waals surface area contributed by atoms with E-state index in [-0.39, 0.29) is 31.4 Å². The molecule has 0 bridgehead atoms. The quantitative estimate of drug-likeness (QED) is 0.188. The van der Waals surface area contributed by atoms with E-state index >= 15 is 0 Å². The average molecular weight is 524 g/mol. The van der Waals surface area contributed by atoms with Crippen LogP contribution in [0.15, 0.2) is 91.0 Å². The molecule has 0 spiro atoms. The summed E-state index contributed by atoms with van der Waals surface area (Å²) in [6, 6.07) is 28.5. The van der Waals surface area contributed by atoms with E-state index in [1.165, 1.54) is 14.2 Å². The fourth-order valence-corrected chi connectivity index (χ4v) is 4.98. The Morgan fingerprint density at radius 1 is 0.757 bits per heavy atom. The summed E-state index contributed by atoms with van der Waals surface area (Å²) in [7, 11) is -0.981. The number of carbonyl (C=O) groups excluding carboxylic acids is 2. The first kappa shape index (κ1) is 28.5. The lowest BCUT2D eigenvalue weighted by atomic mass is 10.0. The average Bonchev–Trinajstić information content (AvgIpc) is 2.93. The highest BCUT2D eigenvalue weighted by Crippen LogP contribution is 2.46. The molecule has 1 atom stereocenters. The number of rotatable bonds is 15. The number of hydrogen-bond donors (Lipinski definition) is 0. The van der Waals surface area contributed by atoms with Crippen LogP contribution in [0.4, 0.5) is 0 Å². The number of Topliss-reactive ketones (excluding diaryl/α,β-unsaturated/α-hetero) is 1. The van der Waals surface area contributed by atoms with Gasteiger partial charge in [-0.05, 0) is 23.1 Å². The maximum absolute atomic E-state index is 13.5. The standard InChI is InChI=1S/C29H34NO6P/c1-34-37(33,35-2)23-27(31)18-19-28(29(32)36-22-26-16-10-5-11-17-26)30(20-24-12-6-3-7-13-24)21-25-14-8-4-9-15-25/h3-17,28H,18-23H2,1-2H3/t28-/m0/s1. The lowest BCUT2D eigenvalue weighted by Crippen LogP contribution is -2.42. The Morgan fingerprint density at radius 2 is 1.22 bits per heavy atom. The number of esters is 1. The Labute approximate surface area is 218 Å². The summed E-state index contributed by atoms with van der Waals surface area (Å²) < 4.78 is 28.0. The summed E-state index contributed by atoms with van der Waals surface area (Å²) in [4.78, 5) is 28.2. The van der Waals surface area contributed by atoms with Crippen molar-refractivity contribution in [3.8, 4) is 0 Å². The highest BCUT2D eigenvalue weighted by atomic mass is 31.2. The largest absolute Gasteiger partial charge is 0.460 e. The summed E-state index contributed by atoms with van der Waals surface area (Å²) in [5.74, 6) is -0.711. The molecule has 37 heavy (non-hydrogen) atoms. The van der Waals surface area contributed by atoms with Gasteiger partial charge in [-0.25, -0.2) is 0 Å². The van der Waals surface area contributed by atoms with Gasteiger partial charge in [0.25, 0.3) is 0 Å². The molecule has 0 N–H and O–H groups in total. The molecular formula is C29H34NO6P. The zero-order valence-electron chi connectivity index (χ0n) is 21.3. The van der Waals surface area contributed by atoms with Crippen molar-refractivity contribution in [2.24, 2.45) is 0 Å². The van der Waals surface area contributed by atoms with Crippen LogP contribution in [0.25, 0.3) is 0 Å². The predicted octanol–water partition coefficient (Wildman–Crippen LogP) is 5.64. The van der Waals surface area contributed by atoms with E-state index in [0.717, 1.165) is 16.7 Å². The van der Waals surface area contributed by atoms with Gasteiger partial charge in [-0.15, -0.1) is 0 Å². The van der Waals surface area contributed by atoms with Gasteiger partial charge in [0.15, 0.2) is 0 Å². The van der Waals surface area contributed by atoms with Crippen molar-refractivity contribution < 1.29 is 27.9 Å². The highest BCUT2D eigenvalue weighted by Gasteiger charge is 2.31. The smallest absolute Gasteiger partial charge is 0.337 e. The SMILES string of the molecule is COP(=O)(CC(=O)CC[C@@H](C(=O)OCc1ccccc1)N(Cc1ccccc1)Cc1ccccc1)OC. The van der Waals surface area contributed by atoms with Crippen LogP contribution in [-0.4, -0.2) is 43.1 Å². The minimum atomic E-state index is -3.49. The van der Waals surface area contributed by atoms with E-state index in [0.29, 0.717) is 13.1 Å². The van der Waals surface area contributed by atoms with E-state index in [2.05, 4.69) is 0 Å². The molecule has 0 aromatic heterocycles. The number of ether oxygens (including phenoxy) is 1. The van der Waals surface area contributed by atoms with E-state index in [1.807, 2.05) is 95.9 Å². The zero-order valence-corrected chi connectivity index (χ0v) is 22.2. The van der Waals surface area contributed by atoms with Gasteiger partial charge in [0.2, 0.25) is 0 Å². The Hall–Kier alpha value is -3.09. The number of carbonyl (C=O) groups is 2. The third-order valence-electron chi connectivity index (χ3n) is 6.02. The molecule has 0 saturated heterocycles. The van der Waals surface area contributed by atoms with Crippen molar-refractivity contribution in [1.29, 1.82) is 0 Å². The van der Waals surface area contributed by atoms with Gasteiger partial charge in [-0.2, -0.15) is 0 Å². The fourth-order valence-electron chi connectivity index (χ4n) is 3.98. The van der Waals surface area contributed by atoms with Crippen molar-refractivity contribution in [1.82, 2.24) is 4.90 Å². The van der Waals surface area contributed by atoms with E-state index in [1.54, 1.807) is 0 Å². The second-order valence-electron chi connectivity index (χ2n) is 8.70. The monoisotopic (exact) mass is 523 g/mol. The van der Waals surface area contributed by atoms with Gasteiger partial charge in [0.05, 0.1) is 0 Å². The summed E-state index contributed by atoms with van der Waals surface area (Å²) >= 11 is 0. The van der Waals surface area contributed by atoms with Crippen LogP contribution in [0.5, 0.6) is 0 Å². The maximum atomic E-state index is 13.5. The Bertz CT molecular complexity index is 1110. The van der Waals surface area contributed by atoms with Crippen LogP contribution in [0.3, 0.4) is 0 Å². The molecule has 0 fully saturated rings. The third kappa shape index (κ3) is 9.38. The number of hydrogen-bond acceptors (Lipinski definition) is 7. The first-order valence-corrected chi connectivity index (χ1v) is 13.9. The van der Waals surface area contributed by atoms with Crippen LogP contribution >= 0.6 is 7.60 Å². The minimum absolute atomic E-state index is 0.0297. The summed E-state index contributed by atoms with van der Waals surface area (Å²) in [6.45, 7) is 1.12. The molecule has 0 unspecified atom stereocenters. The molecule has 0 saturated carbocycles. The topological polar surface area (TPSA) is 82.1 Å². The van der Waals surface area contributed by atoms with Gasteiger partial charge < -0.3 is 13.8 Å². The van der Waals surface area contributed by atoms with E-state index in [9.17, 15) is 14.2 Å². The van der Waals surface area contributed by atoms with Crippen molar-refractivity contribution in [2.75, 3.05) is 20.4 Å². The molecular weight excluding hydrogens is 489 g/mol. The normalized spacial score (nSPS) is 12.3. The second kappa shape index (κ2) is 14.6. The minimum Gasteiger partial charge on any atom is -0.460 e. The van der Waals surface area contributed by atoms with Crippen molar-refractivity contribution in [2.45, 2.75) is 38.6 Å². The van der Waals surface area contributed by atoms with Crippen molar-refractivity contribution >= 4 is 19.3 Å². The molecule has 3 aromatic carbocycles. The molecule has 196 valence electrons. The first-order chi connectivity index (χ1) is 17.9. The predicted molar refractivity (Wildman–Crippen MR) is 143 cm³/mol. The lowest BCUT2D eigenvalue weighted by Gasteiger charge is -2.30.